The number of nitrogens with one attached hydrogen (secondary N) is 2. The molecule has 1 aromatic rings. The van der Waals surface area contributed by atoms with Crippen LogP contribution >= 0.6 is 0 Å². The number of anilines is 1. The van der Waals surface area contributed by atoms with Crippen molar-refractivity contribution in [3.63, 3.8) is 0 Å². The molecule has 5 nitrogen and oxygen atoms in total. The van der Waals surface area contributed by atoms with E-state index in [9.17, 15) is 4.79 Å². The van der Waals surface area contributed by atoms with E-state index >= 15 is 0 Å². The van der Waals surface area contributed by atoms with Crippen molar-refractivity contribution in [2.75, 3.05) is 25.1 Å². The maximum atomic E-state index is 12.7. The highest BCUT2D eigenvalue weighted by Crippen LogP contribution is 2.57. The largest absolute Gasteiger partial charge is 0.357 e. The fourth-order valence-electron chi connectivity index (χ4n) is 5.59. The number of amides is 1. The van der Waals surface area contributed by atoms with Crippen LogP contribution in [-0.2, 0) is 4.79 Å². The smallest absolute Gasteiger partial charge is 0.234 e. The summed E-state index contributed by atoms with van der Waals surface area (Å²) in [6.45, 7) is 4.19. The zero-order valence-electron chi connectivity index (χ0n) is 15.2. The predicted molar refractivity (Wildman–Crippen MR) is 98.9 cm³/mol. The molecule has 0 aliphatic heterocycles. The van der Waals surface area contributed by atoms with Crippen LogP contribution in [0.1, 0.15) is 39.0 Å². The molecule has 0 saturated heterocycles. The molecule has 25 heavy (non-hydrogen) atoms. The van der Waals surface area contributed by atoms with E-state index in [-0.39, 0.29) is 5.91 Å². The van der Waals surface area contributed by atoms with Crippen molar-refractivity contribution in [3.05, 3.63) is 24.4 Å². The standard InChI is InChI=1S/C20H30N4O/c1-2-7-24(13-22-18-5-3-4-6-21-18)12-19(25)23-20-16-9-14-8-15(11-16)17(20)10-14/h3-6,14-17,20H,2,7-13H2,1H3,(H,21,22)(H,23,25). The second-order valence-corrected chi connectivity index (χ2v) is 8.19. The van der Waals surface area contributed by atoms with Crippen molar-refractivity contribution in [2.45, 2.75) is 45.1 Å². The molecule has 5 unspecified atom stereocenters. The first-order chi connectivity index (χ1) is 12.2. The van der Waals surface area contributed by atoms with Gasteiger partial charge in [0, 0.05) is 18.8 Å². The van der Waals surface area contributed by atoms with E-state index in [2.05, 4.69) is 27.4 Å². The Morgan fingerprint density at radius 3 is 2.88 bits per heavy atom. The molecule has 4 saturated carbocycles. The number of hydrogen-bond acceptors (Lipinski definition) is 4. The van der Waals surface area contributed by atoms with Gasteiger partial charge in [-0.25, -0.2) is 4.98 Å². The molecule has 1 aromatic heterocycles. The van der Waals surface area contributed by atoms with Crippen molar-refractivity contribution in [3.8, 4) is 0 Å². The quantitative estimate of drug-likeness (QED) is 0.713. The molecular formula is C20H30N4O. The summed E-state index contributed by atoms with van der Waals surface area (Å²) in [4.78, 5) is 19.1. The van der Waals surface area contributed by atoms with E-state index < -0.39 is 0 Å². The zero-order chi connectivity index (χ0) is 17.2. The molecule has 0 aromatic carbocycles. The van der Waals surface area contributed by atoms with E-state index in [1.54, 1.807) is 6.20 Å². The fraction of sp³-hybridized carbons (Fsp3) is 0.700. The van der Waals surface area contributed by atoms with Gasteiger partial charge in [0.05, 0.1) is 13.2 Å². The maximum absolute atomic E-state index is 12.7. The summed E-state index contributed by atoms with van der Waals surface area (Å²) in [6, 6.07) is 6.28. The third-order valence-corrected chi connectivity index (χ3v) is 6.44. The van der Waals surface area contributed by atoms with Gasteiger partial charge in [0.2, 0.25) is 5.91 Å². The molecule has 5 heteroatoms. The van der Waals surface area contributed by atoms with Crippen LogP contribution in [0.4, 0.5) is 5.82 Å². The van der Waals surface area contributed by atoms with Crippen LogP contribution in [0.2, 0.25) is 0 Å². The van der Waals surface area contributed by atoms with Crippen LogP contribution in [-0.4, -0.2) is 41.6 Å². The number of rotatable bonds is 8. The lowest BCUT2D eigenvalue weighted by atomic mass is 9.79. The summed E-state index contributed by atoms with van der Waals surface area (Å²) in [5, 5.41) is 6.72. The third-order valence-electron chi connectivity index (χ3n) is 6.44. The summed E-state index contributed by atoms with van der Waals surface area (Å²) in [5.41, 5.74) is 0. The predicted octanol–water partition coefficient (Wildman–Crippen LogP) is 2.71. The fourth-order valence-corrected chi connectivity index (χ4v) is 5.59. The van der Waals surface area contributed by atoms with E-state index in [4.69, 9.17) is 0 Å². The molecule has 4 bridgehead atoms. The van der Waals surface area contributed by atoms with Crippen LogP contribution in [0, 0.1) is 23.7 Å². The number of aromatic nitrogens is 1. The summed E-state index contributed by atoms with van der Waals surface area (Å²) >= 11 is 0. The van der Waals surface area contributed by atoms with Gasteiger partial charge in [-0.15, -0.1) is 0 Å². The second kappa shape index (κ2) is 7.32. The van der Waals surface area contributed by atoms with Crippen LogP contribution in [0.25, 0.3) is 0 Å². The van der Waals surface area contributed by atoms with E-state index in [1.165, 1.54) is 25.7 Å². The summed E-state index contributed by atoms with van der Waals surface area (Å²) in [7, 11) is 0. The molecule has 2 N–H and O–H groups in total. The van der Waals surface area contributed by atoms with Crippen molar-refractivity contribution < 1.29 is 4.79 Å². The summed E-state index contributed by atoms with van der Waals surface area (Å²) < 4.78 is 0. The van der Waals surface area contributed by atoms with Gasteiger partial charge in [-0.3, -0.25) is 9.69 Å². The summed E-state index contributed by atoms with van der Waals surface area (Å²) in [5.74, 6) is 4.41. The minimum Gasteiger partial charge on any atom is -0.357 e. The molecule has 0 radical (unpaired) electrons. The van der Waals surface area contributed by atoms with Gasteiger partial charge < -0.3 is 10.6 Å². The Morgan fingerprint density at radius 1 is 1.24 bits per heavy atom. The Hall–Kier alpha value is -1.62. The van der Waals surface area contributed by atoms with E-state index in [1.807, 2.05) is 18.2 Å². The Bertz CT molecular complexity index is 589. The molecular weight excluding hydrogens is 312 g/mol. The van der Waals surface area contributed by atoms with Crippen LogP contribution in [0.3, 0.4) is 0 Å². The lowest BCUT2D eigenvalue weighted by Gasteiger charge is -2.33. The number of hydrogen-bond donors (Lipinski definition) is 2. The highest BCUT2D eigenvalue weighted by molar-refractivity contribution is 5.78. The van der Waals surface area contributed by atoms with E-state index in [0.29, 0.717) is 19.3 Å². The monoisotopic (exact) mass is 342 g/mol. The molecule has 5 rings (SSSR count). The van der Waals surface area contributed by atoms with Crippen molar-refractivity contribution in [2.24, 2.45) is 23.7 Å². The second-order valence-electron chi connectivity index (χ2n) is 8.19. The zero-order valence-corrected chi connectivity index (χ0v) is 15.2. The van der Waals surface area contributed by atoms with Gasteiger partial charge in [0.25, 0.3) is 0 Å². The normalized spacial score (nSPS) is 32.3. The molecule has 1 amide bonds. The molecule has 4 aliphatic rings. The van der Waals surface area contributed by atoms with Gasteiger partial charge in [-0.05, 0) is 67.9 Å². The molecule has 5 atom stereocenters. The third kappa shape index (κ3) is 3.66. The minimum absolute atomic E-state index is 0.192. The number of pyridine rings is 1. The Balaban J connectivity index is 1.29. The molecule has 4 fully saturated rings. The van der Waals surface area contributed by atoms with Gasteiger partial charge >= 0.3 is 0 Å². The lowest BCUT2D eigenvalue weighted by Crippen LogP contribution is -2.48. The highest BCUT2D eigenvalue weighted by atomic mass is 16.2. The molecule has 136 valence electrons. The molecule has 4 aliphatic carbocycles. The Kier molecular flexibility index (Phi) is 4.93. The van der Waals surface area contributed by atoms with Crippen LogP contribution in [0.15, 0.2) is 24.4 Å². The maximum Gasteiger partial charge on any atom is 0.234 e. The Labute approximate surface area is 150 Å². The summed E-state index contributed by atoms with van der Waals surface area (Å²) in [6.07, 6.45) is 8.29. The molecule has 1 heterocycles. The lowest BCUT2D eigenvalue weighted by molar-refractivity contribution is -0.123. The van der Waals surface area contributed by atoms with Crippen LogP contribution < -0.4 is 10.6 Å². The Morgan fingerprint density at radius 2 is 2.12 bits per heavy atom. The number of nitrogens with zero attached hydrogens (tertiary/aromatic N) is 2. The highest BCUT2D eigenvalue weighted by Gasteiger charge is 2.54. The van der Waals surface area contributed by atoms with Crippen molar-refractivity contribution in [1.29, 1.82) is 0 Å². The minimum atomic E-state index is 0.192. The van der Waals surface area contributed by atoms with Gasteiger partial charge in [0.1, 0.15) is 5.82 Å². The van der Waals surface area contributed by atoms with Crippen molar-refractivity contribution >= 4 is 11.7 Å². The van der Waals surface area contributed by atoms with E-state index in [0.717, 1.165) is 42.5 Å². The SMILES string of the molecule is CCCN(CNc1ccccn1)CC(=O)NC1C2CC3CC(C2)C1C3. The number of carbonyl (C=O) groups excluding carboxylic acids is 1. The first-order valence-electron chi connectivity index (χ1n) is 9.89. The topological polar surface area (TPSA) is 57.3 Å². The van der Waals surface area contributed by atoms with Gasteiger partial charge in [-0.1, -0.05) is 13.0 Å². The van der Waals surface area contributed by atoms with Crippen LogP contribution in [0.5, 0.6) is 0 Å². The number of carbonyl (C=O) groups is 1. The van der Waals surface area contributed by atoms with Gasteiger partial charge in [0.15, 0.2) is 0 Å². The molecule has 0 spiro atoms. The van der Waals surface area contributed by atoms with Crippen molar-refractivity contribution in [1.82, 2.24) is 15.2 Å². The average molecular weight is 342 g/mol. The first-order valence-corrected chi connectivity index (χ1v) is 9.89. The average Bonchev–Trinajstić information content (AvgIpc) is 3.03. The first kappa shape index (κ1) is 16.8. The van der Waals surface area contributed by atoms with Gasteiger partial charge in [-0.2, -0.15) is 0 Å².